The summed E-state index contributed by atoms with van der Waals surface area (Å²) in [7, 11) is 0. The van der Waals surface area contributed by atoms with E-state index in [-0.39, 0.29) is 22.2 Å². The van der Waals surface area contributed by atoms with Crippen LogP contribution >= 0.6 is 0 Å². The summed E-state index contributed by atoms with van der Waals surface area (Å²) in [6, 6.07) is -0.712. The Hall–Kier alpha value is -1.26. The van der Waals surface area contributed by atoms with Crippen molar-refractivity contribution in [3.8, 4) is 0 Å². The van der Waals surface area contributed by atoms with E-state index >= 15 is 0 Å². The van der Waals surface area contributed by atoms with Gasteiger partial charge in [-0.1, -0.05) is 13.8 Å². The minimum atomic E-state index is -0.712. The van der Waals surface area contributed by atoms with Crippen LogP contribution < -0.4 is 16.6 Å². The fourth-order valence-corrected chi connectivity index (χ4v) is 5.95. The van der Waals surface area contributed by atoms with Crippen molar-refractivity contribution in [2.75, 3.05) is 0 Å². The third kappa shape index (κ3) is 1.99. The fraction of sp³-hybridized carbons (Fsp3) is 0.857. The highest BCUT2D eigenvalue weighted by atomic mass is 16.2. The number of amides is 3. The van der Waals surface area contributed by atoms with E-state index in [9.17, 15) is 9.59 Å². The lowest BCUT2D eigenvalue weighted by atomic mass is 9.40. The maximum absolute atomic E-state index is 12.5. The van der Waals surface area contributed by atoms with E-state index in [2.05, 4.69) is 24.7 Å². The highest BCUT2D eigenvalue weighted by Crippen LogP contribution is 2.69. The minimum absolute atomic E-state index is 0.0483. The molecule has 5 nitrogen and oxygen atoms in total. The molecule has 0 aromatic heterocycles. The van der Waals surface area contributed by atoms with Crippen LogP contribution in [0.5, 0.6) is 0 Å². The molecule has 0 aromatic carbocycles. The van der Waals surface area contributed by atoms with Gasteiger partial charge in [-0.2, -0.15) is 0 Å². The van der Waals surface area contributed by atoms with Crippen LogP contribution in [0.2, 0.25) is 0 Å². The normalized spacial score (nSPS) is 46.9. The quantitative estimate of drug-likeness (QED) is 0.630. The first kappa shape index (κ1) is 12.8. The van der Waals surface area contributed by atoms with Gasteiger partial charge < -0.3 is 5.73 Å². The summed E-state index contributed by atoms with van der Waals surface area (Å²) in [6.07, 6.45) is 6.58. The van der Waals surface area contributed by atoms with Crippen LogP contribution in [0.25, 0.3) is 0 Å². The van der Waals surface area contributed by atoms with Crippen LogP contribution in [0.15, 0.2) is 0 Å². The molecule has 4 aliphatic rings. The molecule has 0 aliphatic heterocycles. The molecule has 0 radical (unpaired) electrons. The summed E-state index contributed by atoms with van der Waals surface area (Å²) in [6.45, 7) is 4.64. The zero-order valence-corrected chi connectivity index (χ0v) is 11.7. The molecular weight excluding hydrogens is 242 g/mol. The van der Waals surface area contributed by atoms with Gasteiger partial charge in [-0.3, -0.25) is 10.2 Å². The molecule has 5 heteroatoms. The molecule has 0 saturated heterocycles. The second kappa shape index (κ2) is 3.64. The first-order chi connectivity index (χ1) is 8.74. The number of hydrazine groups is 1. The summed E-state index contributed by atoms with van der Waals surface area (Å²) in [5.41, 5.74) is 10.0. The highest BCUT2D eigenvalue weighted by Gasteiger charge is 2.62. The molecule has 4 aliphatic carbocycles. The molecule has 2 unspecified atom stereocenters. The molecule has 106 valence electrons. The van der Waals surface area contributed by atoms with Crippen LogP contribution in [0.3, 0.4) is 0 Å². The number of urea groups is 1. The lowest BCUT2D eigenvalue weighted by Crippen LogP contribution is -2.61. The van der Waals surface area contributed by atoms with Crippen molar-refractivity contribution in [3.05, 3.63) is 0 Å². The van der Waals surface area contributed by atoms with Crippen LogP contribution in [0.1, 0.15) is 52.4 Å². The molecule has 4 rings (SSSR count). The molecule has 4 N–H and O–H groups in total. The van der Waals surface area contributed by atoms with E-state index < -0.39 is 6.03 Å². The maximum atomic E-state index is 12.5. The van der Waals surface area contributed by atoms with Crippen molar-refractivity contribution >= 4 is 11.9 Å². The van der Waals surface area contributed by atoms with Gasteiger partial charge in [-0.25, -0.2) is 10.2 Å². The standard InChI is InChI=1S/C14H23N3O2/c1-12-3-9-4-13(2,6-12)8-14(5-9,7-12)10(18)16-17-11(15)19/h9H,3-8H2,1-2H3,(H,16,18)(H3,15,17,19). The Morgan fingerprint density at radius 2 is 1.58 bits per heavy atom. The summed E-state index contributed by atoms with van der Waals surface area (Å²) in [5.74, 6) is 0.610. The number of carbonyl (C=O) groups is 2. The van der Waals surface area contributed by atoms with Gasteiger partial charge in [0, 0.05) is 0 Å². The number of nitrogens with one attached hydrogen (secondary N) is 2. The van der Waals surface area contributed by atoms with Crippen molar-refractivity contribution < 1.29 is 9.59 Å². The lowest BCUT2D eigenvalue weighted by Gasteiger charge is -2.64. The Labute approximate surface area is 113 Å². The van der Waals surface area contributed by atoms with Crippen molar-refractivity contribution in [2.24, 2.45) is 27.9 Å². The second-order valence-corrected chi connectivity index (χ2v) is 7.85. The minimum Gasteiger partial charge on any atom is -0.350 e. The highest BCUT2D eigenvalue weighted by molar-refractivity contribution is 5.85. The largest absolute Gasteiger partial charge is 0.350 e. The predicted molar refractivity (Wildman–Crippen MR) is 70.7 cm³/mol. The molecule has 0 heterocycles. The van der Waals surface area contributed by atoms with E-state index in [1.165, 1.54) is 19.3 Å². The third-order valence-corrected chi connectivity index (χ3v) is 5.41. The van der Waals surface area contributed by atoms with Gasteiger partial charge in [0.05, 0.1) is 5.41 Å². The van der Waals surface area contributed by atoms with Gasteiger partial charge in [0.2, 0.25) is 5.91 Å². The molecule has 0 aromatic rings. The first-order valence-corrected chi connectivity index (χ1v) is 7.10. The van der Waals surface area contributed by atoms with Gasteiger partial charge in [0.25, 0.3) is 0 Å². The number of rotatable bonds is 1. The van der Waals surface area contributed by atoms with Crippen LogP contribution in [0.4, 0.5) is 4.79 Å². The monoisotopic (exact) mass is 265 g/mol. The number of carbonyl (C=O) groups excluding carboxylic acids is 2. The molecule has 4 fully saturated rings. The Balaban J connectivity index is 1.84. The fourth-order valence-electron chi connectivity index (χ4n) is 5.95. The molecular formula is C14H23N3O2. The summed E-state index contributed by atoms with van der Waals surface area (Å²) in [4.78, 5) is 23.3. The predicted octanol–water partition coefficient (Wildman–Crippen LogP) is 1.68. The Morgan fingerprint density at radius 1 is 1.00 bits per heavy atom. The first-order valence-electron chi connectivity index (χ1n) is 7.10. The SMILES string of the molecule is CC12CC3CC(C)(C1)CC(C(=O)NNC(N)=O)(C3)C2. The molecule has 0 spiro atoms. The Kier molecular flexibility index (Phi) is 2.45. The average Bonchev–Trinajstić information content (AvgIpc) is 2.20. The average molecular weight is 265 g/mol. The molecule has 4 saturated carbocycles. The van der Waals surface area contributed by atoms with Crippen LogP contribution in [-0.2, 0) is 4.79 Å². The van der Waals surface area contributed by atoms with Crippen LogP contribution in [-0.4, -0.2) is 11.9 Å². The smallest absolute Gasteiger partial charge is 0.330 e. The molecule has 3 amide bonds. The third-order valence-electron chi connectivity index (χ3n) is 5.41. The number of hydrogen-bond acceptors (Lipinski definition) is 2. The van der Waals surface area contributed by atoms with Gasteiger partial charge in [-0.15, -0.1) is 0 Å². The Morgan fingerprint density at radius 3 is 2.05 bits per heavy atom. The number of hydrogen-bond donors (Lipinski definition) is 3. The number of nitrogens with two attached hydrogens (primary N) is 1. The summed E-state index contributed by atoms with van der Waals surface area (Å²) in [5, 5.41) is 0. The van der Waals surface area contributed by atoms with Crippen molar-refractivity contribution in [1.82, 2.24) is 10.9 Å². The topological polar surface area (TPSA) is 84.2 Å². The van der Waals surface area contributed by atoms with Gasteiger partial charge in [0.1, 0.15) is 0 Å². The molecule has 19 heavy (non-hydrogen) atoms. The Bertz CT molecular complexity index is 430. The van der Waals surface area contributed by atoms with Crippen molar-refractivity contribution in [1.29, 1.82) is 0 Å². The van der Waals surface area contributed by atoms with Gasteiger partial charge in [0.15, 0.2) is 0 Å². The lowest BCUT2D eigenvalue weighted by molar-refractivity contribution is -0.170. The van der Waals surface area contributed by atoms with Crippen molar-refractivity contribution in [2.45, 2.75) is 52.4 Å². The maximum Gasteiger partial charge on any atom is 0.330 e. The van der Waals surface area contributed by atoms with E-state index in [4.69, 9.17) is 5.73 Å². The van der Waals surface area contributed by atoms with Crippen molar-refractivity contribution in [3.63, 3.8) is 0 Å². The zero-order chi connectivity index (χ0) is 13.9. The zero-order valence-electron chi connectivity index (χ0n) is 11.7. The summed E-state index contributed by atoms with van der Waals surface area (Å²) < 4.78 is 0. The van der Waals surface area contributed by atoms with E-state index in [0.29, 0.717) is 5.92 Å². The van der Waals surface area contributed by atoms with E-state index in [0.717, 1.165) is 19.3 Å². The molecule has 2 atom stereocenters. The van der Waals surface area contributed by atoms with Crippen LogP contribution in [0, 0.1) is 22.2 Å². The van der Waals surface area contributed by atoms with Gasteiger partial charge in [-0.05, 0) is 55.3 Å². The molecule has 4 bridgehead atoms. The second-order valence-electron chi connectivity index (χ2n) is 7.85. The number of primary amides is 1. The van der Waals surface area contributed by atoms with E-state index in [1.54, 1.807) is 0 Å². The van der Waals surface area contributed by atoms with E-state index in [1.807, 2.05) is 0 Å². The summed E-state index contributed by atoms with van der Waals surface area (Å²) >= 11 is 0. The van der Waals surface area contributed by atoms with Gasteiger partial charge >= 0.3 is 6.03 Å².